The Labute approximate surface area is 125 Å². The van der Waals surface area contributed by atoms with Gasteiger partial charge in [0.1, 0.15) is 5.75 Å². The number of anilines is 2. The van der Waals surface area contributed by atoms with Gasteiger partial charge in [0.25, 0.3) is 5.91 Å². The SMILES string of the molecule is Cc1cc(Br)c(NC(=O)c2cccc(C)c2O)cc1N. The van der Waals surface area contributed by atoms with Gasteiger partial charge in [0.15, 0.2) is 0 Å². The number of phenols is 1. The first-order chi connectivity index (χ1) is 9.40. The summed E-state index contributed by atoms with van der Waals surface area (Å²) in [7, 11) is 0. The lowest BCUT2D eigenvalue weighted by Crippen LogP contribution is -2.13. The average molecular weight is 335 g/mol. The number of phenolic OH excluding ortho intramolecular Hbond substituents is 1. The molecule has 0 aliphatic carbocycles. The summed E-state index contributed by atoms with van der Waals surface area (Å²) < 4.78 is 0.740. The molecule has 0 unspecified atom stereocenters. The van der Waals surface area contributed by atoms with Crippen molar-refractivity contribution < 1.29 is 9.90 Å². The zero-order valence-electron chi connectivity index (χ0n) is 11.2. The molecule has 4 nitrogen and oxygen atoms in total. The van der Waals surface area contributed by atoms with Crippen molar-refractivity contribution in [2.45, 2.75) is 13.8 Å². The van der Waals surface area contributed by atoms with Crippen LogP contribution in [0.25, 0.3) is 0 Å². The van der Waals surface area contributed by atoms with E-state index in [2.05, 4.69) is 21.2 Å². The Balaban J connectivity index is 2.33. The Morgan fingerprint density at radius 1 is 1.25 bits per heavy atom. The molecule has 104 valence electrons. The van der Waals surface area contributed by atoms with Gasteiger partial charge in [-0.25, -0.2) is 0 Å². The minimum atomic E-state index is -0.379. The second kappa shape index (κ2) is 5.54. The summed E-state index contributed by atoms with van der Waals surface area (Å²) in [5, 5.41) is 12.7. The number of amides is 1. The van der Waals surface area contributed by atoms with Crippen molar-refractivity contribution in [2.24, 2.45) is 0 Å². The van der Waals surface area contributed by atoms with Crippen LogP contribution in [0.2, 0.25) is 0 Å². The van der Waals surface area contributed by atoms with Crippen LogP contribution >= 0.6 is 15.9 Å². The largest absolute Gasteiger partial charge is 0.507 e. The average Bonchev–Trinajstić information content (AvgIpc) is 2.39. The molecule has 0 fully saturated rings. The summed E-state index contributed by atoms with van der Waals surface area (Å²) >= 11 is 3.38. The van der Waals surface area contributed by atoms with E-state index < -0.39 is 0 Å². The fourth-order valence-electron chi connectivity index (χ4n) is 1.82. The van der Waals surface area contributed by atoms with E-state index in [1.807, 2.05) is 13.0 Å². The maximum atomic E-state index is 12.2. The van der Waals surface area contributed by atoms with Crippen LogP contribution in [0.4, 0.5) is 11.4 Å². The maximum absolute atomic E-state index is 12.2. The molecule has 0 spiro atoms. The molecule has 20 heavy (non-hydrogen) atoms. The Morgan fingerprint density at radius 2 is 1.95 bits per heavy atom. The number of para-hydroxylation sites is 1. The lowest BCUT2D eigenvalue weighted by atomic mass is 10.1. The summed E-state index contributed by atoms with van der Waals surface area (Å²) in [6.45, 7) is 3.63. The fourth-order valence-corrected chi connectivity index (χ4v) is 2.37. The van der Waals surface area contributed by atoms with Gasteiger partial charge in [-0.1, -0.05) is 12.1 Å². The van der Waals surface area contributed by atoms with Crippen LogP contribution in [0.3, 0.4) is 0 Å². The lowest BCUT2D eigenvalue weighted by Gasteiger charge is -2.11. The molecule has 0 radical (unpaired) electrons. The van der Waals surface area contributed by atoms with Crippen LogP contribution in [0.1, 0.15) is 21.5 Å². The third kappa shape index (κ3) is 2.77. The molecule has 4 N–H and O–H groups in total. The topological polar surface area (TPSA) is 75.3 Å². The van der Waals surface area contributed by atoms with E-state index in [1.54, 1.807) is 31.2 Å². The highest BCUT2D eigenvalue weighted by Crippen LogP contribution is 2.29. The molecular weight excluding hydrogens is 320 g/mol. The molecule has 5 heteroatoms. The van der Waals surface area contributed by atoms with Crippen molar-refractivity contribution in [3.63, 3.8) is 0 Å². The quantitative estimate of drug-likeness (QED) is 0.734. The fraction of sp³-hybridized carbons (Fsp3) is 0.133. The number of hydrogen-bond acceptors (Lipinski definition) is 3. The number of nitrogens with one attached hydrogen (secondary N) is 1. The zero-order chi connectivity index (χ0) is 14.9. The van der Waals surface area contributed by atoms with E-state index in [9.17, 15) is 9.90 Å². The summed E-state index contributed by atoms with van der Waals surface area (Å²) in [6, 6.07) is 8.56. The van der Waals surface area contributed by atoms with Crippen molar-refractivity contribution in [2.75, 3.05) is 11.1 Å². The predicted molar refractivity (Wildman–Crippen MR) is 84.1 cm³/mol. The summed E-state index contributed by atoms with van der Waals surface area (Å²) in [6.07, 6.45) is 0. The van der Waals surface area contributed by atoms with Gasteiger partial charge in [-0.05, 0) is 59.1 Å². The molecule has 2 aromatic carbocycles. The van der Waals surface area contributed by atoms with Crippen LogP contribution in [-0.4, -0.2) is 11.0 Å². The van der Waals surface area contributed by atoms with Gasteiger partial charge in [0, 0.05) is 10.2 Å². The van der Waals surface area contributed by atoms with Gasteiger partial charge < -0.3 is 16.2 Å². The highest BCUT2D eigenvalue weighted by Gasteiger charge is 2.14. The summed E-state index contributed by atoms with van der Waals surface area (Å²) in [5.41, 5.74) is 8.81. The second-order valence-electron chi connectivity index (χ2n) is 4.61. The maximum Gasteiger partial charge on any atom is 0.259 e. The van der Waals surface area contributed by atoms with Gasteiger partial charge in [-0.2, -0.15) is 0 Å². The highest BCUT2D eigenvalue weighted by atomic mass is 79.9. The van der Waals surface area contributed by atoms with E-state index in [1.165, 1.54) is 0 Å². The standard InChI is InChI=1S/C15H15BrN2O2/c1-8-4-3-5-10(14(8)19)15(20)18-13-7-12(17)9(2)6-11(13)16/h3-7,19H,17H2,1-2H3,(H,18,20). The first-order valence-corrected chi connectivity index (χ1v) is 6.85. The van der Waals surface area contributed by atoms with Crippen LogP contribution < -0.4 is 11.1 Å². The first kappa shape index (κ1) is 14.4. The number of nitrogen functional groups attached to an aromatic ring is 1. The third-order valence-corrected chi connectivity index (χ3v) is 3.74. The molecule has 2 aromatic rings. The molecule has 0 aliphatic rings. The molecule has 0 aromatic heterocycles. The van der Waals surface area contributed by atoms with Crippen molar-refractivity contribution in [3.8, 4) is 5.75 Å². The van der Waals surface area contributed by atoms with Crippen LogP contribution in [-0.2, 0) is 0 Å². The lowest BCUT2D eigenvalue weighted by molar-refractivity contribution is 0.102. The number of hydrogen-bond donors (Lipinski definition) is 3. The monoisotopic (exact) mass is 334 g/mol. The van der Waals surface area contributed by atoms with Crippen molar-refractivity contribution in [1.82, 2.24) is 0 Å². The molecule has 0 heterocycles. The van der Waals surface area contributed by atoms with Gasteiger partial charge in [0.2, 0.25) is 0 Å². The minimum Gasteiger partial charge on any atom is -0.507 e. The summed E-state index contributed by atoms with van der Waals surface area (Å²) in [4.78, 5) is 12.2. The second-order valence-corrected chi connectivity index (χ2v) is 5.47. The van der Waals surface area contributed by atoms with Gasteiger partial charge >= 0.3 is 0 Å². The van der Waals surface area contributed by atoms with Crippen molar-refractivity contribution in [3.05, 3.63) is 51.5 Å². The minimum absolute atomic E-state index is 0.0128. The number of aromatic hydroxyl groups is 1. The smallest absolute Gasteiger partial charge is 0.259 e. The number of nitrogens with two attached hydrogens (primary N) is 1. The molecular formula is C15H15BrN2O2. The zero-order valence-corrected chi connectivity index (χ0v) is 12.8. The van der Waals surface area contributed by atoms with E-state index in [-0.39, 0.29) is 17.2 Å². The molecule has 1 amide bonds. The number of halogens is 1. The molecule has 0 aliphatic heterocycles. The number of carbonyl (C=O) groups is 1. The third-order valence-electron chi connectivity index (χ3n) is 3.09. The van der Waals surface area contributed by atoms with E-state index in [0.717, 1.165) is 10.0 Å². The Hall–Kier alpha value is -2.01. The molecule has 0 saturated heterocycles. The predicted octanol–water partition coefficient (Wildman–Crippen LogP) is 3.61. The van der Waals surface area contributed by atoms with E-state index >= 15 is 0 Å². The molecule has 2 rings (SSSR count). The van der Waals surface area contributed by atoms with Crippen LogP contribution in [0.15, 0.2) is 34.8 Å². The van der Waals surface area contributed by atoms with Crippen molar-refractivity contribution in [1.29, 1.82) is 0 Å². The summed E-state index contributed by atoms with van der Waals surface area (Å²) in [5.74, 6) is -0.392. The van der Waals surface area contributed by atoms with Crippen molar-refractivity contribution >= 4 is 33.2 Å². The number of carbonyl (C=O) groups excluding carboxylic acids is 1. The normalized spacial score (nSPS) is 10.3. The Kier molecular flexibility index (Phi) is 3.99. The molecule has 0 atom stereocenters. The molecule has 0 saturated carbocycles. The van der Waals surface area contributed by atoms with Gasteiger partial charge in [-0.15, -0.1) is 0 Å². The Morgan fingerprint density at radius 3 is 2.65 bits per heavy atom. The van der Waals surface area contributed by atoms with E-state index in [4.69, 9.17) is 5.73 Å². The van der Waals surface area contributed by atoms with Crippen LogP contribution in [0, 0.1) is 13.8 Å². The van der Waals surface area contributed by atoms with Gasteiger partial charge in [0.05, 0.1) is 11.3 Å². The number of benzene rings is 2. The number of rotatable bonds is 2. The van der Waals surface area contributed by atoms with Crippen LogP contribution in [0.5, 0.6) is 5.75 Å². The highest BCUT2D eigenvalue weighted by molar-refractivity contribution is 9.10. The van der Waals surface area contributed by atoms with E-state index in [0.29, 0.717) is 16.9 Å². The first-order valence-electron chi connectivity index (χ1n) is 6.05. The Bertz CT molecular complexity index is 684. The van der Waals surface area contributed by atoms with Gasteiger partial charge in [-0.3, -0.25) is 4.79 Å². The molecule has 0 bridgehead atoms. The number of aryl methyl sites for hydroxylation is 2.